The maximum absolute atomic E-state index is 13.3. The first-order valence-corrected chi connectivity index (χ1v) is 10.9. The Morgan fingerprint density at radius 3 is 2.52 bits per heavy atom. The van der Waals surface area contributed by atoms with E-state index in [1.165, 1.54) is 12.0 Å². The molecule has 1 heterocycles. The third-order valence-corrected chi connectivity index (χ3v) is 5.88. The van der Waals surface area contributed by atoms with Crippen molar-refractivity contribution in [3.63, 3.8) is 0 Å². The van der Waals surface area contributed by atoms with Gasteiger partial charge in [0.15, 0.2) is 0 Å². The standard InChI is InChI=1S/C24H30N2O7/c1-24(2,3)19-14-33-23(30)26(19)20(27)17-7-5-6-8-18(17)25-22(29)32-13-15-9-11-16(12-10-15)21(28)31-4/h6,8-12,17-19H,5,7,13-14H2,1-4H3,(H,25,29)/t17-,18+,19+/m0/s1. The zero-order valence-corrected chi connectivity index (χ0v) is 19.3. The van der Waals surface area contributed by atoms with E-state index in [2.05, 4.69) is 10.1 Å². The Labute approximate surface area is 193 Å². The van der Waals surface area contributed by atoms with Crippen LogP contribution in [0, 0.1) is 11.3 Å². The van der Waals surface area contributed by atoms with Gasteiger partial charge in [0, 0.05) is 0 Å². The Kier molecular flexibility index (Phi) is 7.40. The van der Waals surface area contributed by atoms with Crippen LogP contribution >= 0.6 is 0 Å². The number of hydrogen-bond donors (Lipinski definition) is 1. The molecule has 1 aromatic rings. The number of ether oxygens (including phenoxy) is 3. The highest BCUT2D eigenvalue weighted by Gasteiger charge is 2.47. The number of imide groups is 1. The number of allylic oxidation sites excluding steroid dienone is 1. The Hall–Kier alpha value is -3.36. The summed E-state index contributed by atoms with van der Waals surface area (Å²) in [6.07, 6.45) is 3.48. The van der Waals surface area contributed by atoms with Crippen molar-refractivity contribution in [1.82, 2.24) is 10.2 Å². The van der Waals surface area contributed by atoms with Gasteiger partial charge >= 0.3 is 18.2 Å². The van der Waals surface area contributed by atoms with E-state index in [1.807, 2.05) is 26.8 Å². The Morgan fingerprint density at radius 1 is 1.18 bits per heavy atom. The van der Waals surface area contributed by atoms with Gasteiger partial charge in [-0.2, -0.15) is 0 Å². The Balaban J connectivity index is 1.62. The minimum atomic E-state index is -0.683. The van der Waals surface area contributed by atoms with Crippen LogP contribution in [0.15, 0.2) is 36.4 Å². The van der Waals surface area contributed by atoms with Crippen molar-refractivity contribution in [3.05, 3.63) is 47.5 Å². The maximum atomic E-state index is 13.3. The fourth-order valence-electron chi connectivity index (χ4n) is 3.92. The lowest BCUT2D eigenvalue weighted by molar-refractivity contribution is -0.135. The summed E-state index contributed by atoms with van der Waals surface area (Å²) in [5.74, 6) is -1.40. The molecule has 9 heteroatoms. The highest BCUT2D eigenvalue weighted by Crippen LogP contribution is 2.32. The second kappa shape index (κ2) is 10.1. The normalized spacial score (nSPS) is 22.5. The quantitative estimate of drug-likeness (QED) is 0.409. The molecule has 3 amide bonds. The van der Waals surface area contributed by atoms with E-state index >= 15 is 0 Å². The predicted molar refractivity (Wildman–Crippen MR) is 118 cm³/mol. The second-order valence-corrected chi connectivity index (χ2v) is 9.21. The molecule has 0 bridgehead atoms. The highest BCUT2D eigenvalue weighted by atomic mass is 16.6. The SMILES string of the molecule is COC(=O)c1ccc(COC(=O)N[C@@H]2C=CCC[C@@H]2C(=O)N2C(=O)OC[C@@H]2C(C)(C)C)cc1. The van der Waals surface area contributed by atoms with Crippen LogP contribution in [-0.4, -0.2) is 54.8 Å². The van der Waals surface area contributed by atoms with Crippen molar-refractivity contribution in [1.29, 1.82) is 0 Å². The fraction of sp³-hybridized carbons (Fsp3) is 0.500. The van der Waals surface area contributed by atoms with E-state index in [0.717, 1.165) is 0 Å². The van der Waals surface area contributed by atoms with Crippen molar-refractivity contribution in [3.8, 4) is 0 Å². The Morgan fingerprint density at radius 2 is 1.88 bits per heavy atom. The van der Waals surface area contributed by atoms with Gasteiger partial charge in [0.1, 0.15) is 13.2 Å². The number of carbonyl (C=O) groups excluding carboxylic acids is 4. The van der Waals surface area contributed by atoms with Crippen molar-refractivity contribution < 1.29 is 33.4 Å². The van der Waals surface area contributed by atoms with E-state index in [0.29, 0.717) is 24.0 Å². The van der Waals surface area contributed by atoms with E-state index < -0.39 is 30.1 Å². The maximum Gasteiger partial charge on any atom is 0.417 e. The van der Waals surface area contributed by atoms with Crippen LogP contribution in [0.2, 0.25) is 0 Å². The number of alkyl carbamates (subject to hydrolysis) is 1. The van der Waals surface area contributed by atoms with Crippen LogP contribution in [0.4, 0.5) is 9.59 Å². The number of benzene rings is 1. The molecule has 178 valence electrons. The van der Waals surface area contributed by atoms with Crippen LogP contribution in [0.1, 0.15) is 49.5 Å². The molecule has 1 aromatic carbocycles. The van der Waals surface area contributed by atoms with Gasteiger partial charge in [0.05, 0.1) is 30.7 Å². The van der Waals surface area contributed by atoms with E-state index in [-0.39, 0.29) is 30.6 Å². The summed E-state index contributed by atoms with van der Waals surface area (Å²) in [6, 6.07) is 5.53. The van der Waals surface area contributed by atoms with Crippen molar-refractivity contribution in [2.75, 3.05) is 13.7 Å². The van der Waals surface area contributed by atoms with E-state index in [9.17, 15) is 19.2 Å². The molecule has 9 nitrogen and oxygen atoms in total. The first kappa shape index (κ1) is 24.3. The highest BCUT2D eigenvalue weighted by molar-refractivity contribution is 5.95. The molecule has 0 spiro atoms. The molecule has 1 fully saturated rings. The first-order valence-electron chi connectivity index (χ1n) is 10.9. The number of carbonyl (C=O) groups is 4. The first-order chi connectivity index (χ1) is 15.6. The lowest BCUT2D eigenvalue weighted by Crippen LogP contribution is -2.53. The van der Waals surface area contributed by atoms with Crippen molar-refractivity contribution in [2.45, 2.75) is 52.3 Å². The monoisotopic (exact) mass is 458 g/mol. The molecule has 1 aliphatic heterocycles. The molecule has 2 aliphatic rings. The molecular formula is C24H30N2O7. The van der Waals surface area contributed by atoms with Crippen LogP contribution < -0.4 is 5.32 Å². The van der Waals surface area contributed by atoms with Crippen LogP contribution in [-0.2, 0) is 25.6 Å². The zero-order chi connectivity index (χ0) is 24.2. The number of amides is 3. The third kappa shape index (κ3) is 5.71. The molecule has 0 radical (unpaired) electrons. The summed E-state index contributed by atoms with van der Waals surface area (Å²) in [5.41, 5.74) is 0.753. The minimum Gasteiger partial charge on any atom is -0.465 e. The smallest absolute Gasteiger partial charge is 0.417 e. The summed E-state index contributed by atoms with van der Waals surface area (Å²) >= 11 is 0. The van der Waals surface area contributed by atoms with E-state index in [1.54, 1.807) is 30.3 Å². The molecular weight excluding hydrogens is 428 g/mol. The van der Waals surface area contributed by atoms with Crippen molar-refractivity contribution >= 4 is 24.1 Å². The Bertz CT molecular complexity index is 933. The molecule has 33 heavy (non-hydrogen) atoms. The third-order valence-electron chi connectivity index (χ3n) is 5.88. The van der Waals surface area contributed by atoms with Gasteiger partial charge < -0.3 is 19.5 Å². The number of rotatable bonds is 5. The molecule has 1 N–H and O–H groups in total. The molecule has 1 aliphatic carbocycles. The molecule has 0 saturated carbocycles. The van der Waals surface area contributed by atoms with Gasteiger partial charge in [0.2, 0.25) is 5.91 Å². The molecule has 3 rings (SSSR count). The summed E-state index contributed by atoms with van der Waals surface area (Å²) < 4.78 is 15.1. The van der Waals surface area contributed by atoms with Crippen LogP contribution in [0.3, 0.4) is 0 Å². The van der Waals surface area contributed by atoms with E-state index in [4.69, 9.17) is 9.47 Å². The van der Waals surface area contributed by atoms with Gasteiger partial charge in [-0.05, 0) is 36.0 Å². The lowest BCUT2D eigenvalue weighted by atomic mass is 9.84. The molecule has 0 unspecified atom stereocenters. The number of esters is 1. The second-order valence-electron chi connectivity index (χ2n) is 9.21. The lowest BCUT2D eigenvalue weighted by Gasteiger charge is -2.35. The average molecular weight is 459 g/mol. The molecule has 1 saturated heterocycles. The van der Waals surface area contributed by atoms with Gasteiger partial charge in [-0.15, -0.1) is 0 Å². The number of nitrogens with zero attached hydrogens (tertiary/aromatic N) is 1. The number of hydrogen-bond acceptors (Lipinski definition) is 7. The summed E-state index contributed by atoms with van der Waals surface area (Å²) in [4.78, 5) is 50.8. The van der Waals surface area contributed by atoms with Gasteiger partial charge in [-0.3, -0.25) is 4.79 Å². The fourth-order valence-corrected chi connectivity index (χ4v) is 3.92. The van der Waals surface area contributed by atoms with Crippen molar-refractivity contribution in [2.24, 2.45) is 11.3 Å². The predicted octanol–water partition coefficient (Wildman–Crippen LogP) is 3.43. The minimum absolute atomic E-state index is 0.00706. The topological polar surface area (TPSA) is 111 Å². The number of nitrogens with one attached hydrogen (secondary N) is 1. The van der Waals surface area contributed by atoms with Gasteiger partial charge in [0.25, 0.3) is 0 Å². The summed E-state index contributed by atoms with van der Waals surface area (Å²) in [7, 11) is 1.30. The summed E-state index contributed by atoms with van der Waals surface area (Å²) in [6.45, 7) is 6.00. The van der Waals surface area contributed by atoms with Crippen LogP contribution in [0.25, 0.3) is 0 Å². The van der Waals surface area contributed by atoms with Crippen LogP contribution in [0.5, 0.6) is 0 Å². The number of cyclic esters (lactones) is 1. The molecule has 3 atom stereocenters. The number of methoxy groups -OCH3 is 1. The summed E-state index contributed by atoms with van der Waals surface area (Å²) in [5, 5.41) is 2.73. The average Bonchev–Trinajstić information content (AvgIpc) is 3.19. The largest absolute Gasteiger partial charge is 0.465 e. The molecule has 0 aromatic heterocycles. The zero-order valence-electron chi connectivity index (χ0n) is 19.3. The van der Waals surface area contributed by atoms with Gasteiger partial charge in [-0.25, -0.2) is 19.3 Å². The van der Waals surface area contributed by atoms with Gasteiger partial charge in [-0.1, -0.05) is 45.1 Å².